The van der Waals surface area contributed by atoms with Crippen molar-refractivity contribution in [1.82, 2.24) is 0 Å². The zero-order chi connectivity index (χ0) is 13.8. The van der Waals surface area contributed by atoms with E-state index in [1.807, 2.05) is 18.2 Å². The SMILES string of the molecule is COc1ccc(N)cc1CNc1cc(C)ccc1C. The fourth-order valence-corrected chi connectivity index (χ4v) is 2.05. The van der Waals surface area contributed by atoms with Crippen molar-refractivity contribution in [2.75, 3.05) is 18.2 Å². The molecule has 3 nitrogen and oxygen atoms in total. The number of nitrogens with two attached hydrogens (primary N) is 1. The first-order valence-electron chi connectivity index (χ1n) is 6.33. The lowest BCUT2D eigenvalue weighted by Gasteiger charge is -2.13. The number of nitrogens with one attached hydrogen (secondary N) is 1. The van der Waals surface area contributed by atoms with Crippen LogP contribution >= 0.6 is 0 Å². The Morgan fingerprint density at radius 2 is 1.89 bits per heavy atom. The summed E-state index contributed by atoms with van der Waals surface area (Å²) < 4.78 is 5.35. The van der Waals surface area contributed by atoms with Gasteiger partial charge < -0.3 is 15.8 Å². The molecular weight excluding hydrogens is 236 g/mol. The normalized spacial score (nSPS) is 10.3. The first-order chi connectivity index (χ1) is 9.10. The van der Waals surface area contributed by atoms with Crippen LogP contribution in [0, 0.1) is 13.8 Å². The van der Waals surface area contributed by atoms with E-state index in [0.29, 0.717) is 6.54 Å². The largest absolute Gasteiger partial charge is 0.496 e. The van der Waals surface area contributed by atoms with Crippen molar-refractivity contribution in [3.63, 3.8) is 0 Å². The number of ether oxygens (including phenoxy) is 1. The van der Waals surface area contributed by atoms with Crippen molar-refractivity contribution < 1.29 is 4.74 Å². The van der Waals surface area contributed by atoms with Crippen LogP contribution in [0.5, 0.6) is 5.75 Å². The molecule has 0 amide bonds. The van der Waals surface area contributed by atoms with Crippen LogP contribution in [0.3, 0.4) is 0 Å². The number of methoxy groups -OCH3 is 1. The van der Waals surface area contributed by atoms with E-state index in [-0.39, 0.29) is 0 Å². The molecule has 19 heavy (non-hydrogen) atoms. The summed E-state index contributed by atoms with van der Waals surface area (Å²) in [6, 6.07) is 12.1. The quantitative estimate of drug-likeness (QED) is 0.823. The summed E-state index contributed by atoms with van der Waals surface area (Å²) in [4.78, 5) is 0. The van der Waals surface area contributed by atoms with Crippen molar-refractivity contribution in [2.24, 2.45) is 0 Å². The summed E-state index contributed by atoms with van der Waals surface area (Å²) in [5, 5.41) is 3.44. The summed E-state index contributed by atoms with van der Waals surface area (Å²) in [5.74, 6) is 0.854. The van der Waals surface area contributed by atoms with Crippen LogP contribution < -0.4 is 15.8 Å². The number of nitrogen functional groups attached to an aromatic ring is 1. The van der Waals surface area contributed by atoms with Crippen molar-refractivity contribution >= 4 is 11.4 Å². The highest BCUT2D eigenvalue weighted by atomic mass is 16.5. The Labute approximate surface area is 114 Å². The third-order valence-corrected chi connectivity index (χ3v) is 3.17. The lowest BCUT2D eigenvalue weighted by molar-refractivity contribution is 0.410. The second-order valence-electron chi connectivity index (χ2n) is 4.74. The highest BCUT2D eigenvalue weighted by Gasteiger charge is 2.04. The van der Waals surface area contributed by atoms with Crippen molar-refractivity contribution in [3.05, 3.63) is 53.1 Å². The standard InChI is InChI=1S/C16H20N2O/c1-11-4-5-12(2)15(8-11)18-10-13-9-14(17)6-7-16(13)19-3/h4-9,18H,10,17H2,1-3H3. The van der Waals surface area contributed by atoms with Crippen molar-refractivity contribution in [1.29, 1.82) is 0 Å². The summed E-state index contributed by atoms with van der Waals surface area (Å²) in [5.41, 5.74) is 11.2. The predicted molar refractivity (Wildman–Crippen MR) is 80.6 cm³/mol. The van der Waals surface area contributed by atoms with E-state index < -0.39 is 0 Å². The van der Waals surface area contributed by atoms with Gasteiger partial charge in [0.05, 0.1) is 7.11 Å². The summed E-state index contributed by atoms with van der Waals surface area (Å²) in [6.07, 6.45) is 0. The highest BCUT2D eigenvalue weighted by Crippen LogP contribution is 2.23. The molecule has 0 fully saturated rings. The molecular formula is C16H20N2O. The van der Waals surface area contributed by atoms with Crippen LogP contribution in [0.15, 0.2) is 36.4 Å². The predicted octanol–water partition coefficient (Wildman–Crippen LogP) is 3.51. The van der Waals surface area contributed by atoms with E-state index in [9.17, 15) is 0 Å². The van der Waals surface area contributed by atoms with Crippen molar-refractivity contribution in [2.45, 2.75) is 20.4 Å². The molecule has 0 aromatic heterocycles. The van der Waals surface area contributed by atoms with Gasteiger partial charge in [-0.1, -0.05) is 12.1 Å². The molecule has 0 bridgehead atoms. The first kappa shape index (κ1) is 13.3. The lowest BCUT2D eigenvalue weighted by Crippen LogP contribution is -2.04. The van der Waals surface area contributed by atoms with Gasteiger partial charge in [-0.25, -0.2) is 0 Å². The third kappa shape index (κ3) is 3.19. The topological polar surface area (TPSA) is 47.3 Å². The van der Waals surface area contributed by atoms with Gasteiger partial charge in [0, 0.05) is 23.5 Å². The smallest absolute Gasteiger partial charge is 0.123 e. The number of rotatable bonds is 4. The van der Waals surface area contributed by atoms with Crippen LogP contribution in [0.25, 0.3) is 0 Å². The lowest BCUT2D eigenvalue weighted by atomic mass is 10.1. The minimum atomic E-state index is 0.693. The Morgan fingerprint density at radius 1 is 1.11 bits per heavy atom. The van der Waals surface area contributed by atoms with Gasteiger partial charge in [-0.3, -0.25) is 0 Å². The number of anilines is 2. The molecule has 0 atom stereocenters. The fraction of sp³-hybridized carbons (Fsp3) is 0.250. The zero-order valence-corrected chi connectivity index (χ0v) is 11.7. The number of hydrogen-bond donors (Lipinski definition) is 2. The zero-order valence-electron chi connectivity index (χ0n) is 11.7. The van der Waals surface area contributed by atoms with Crippen LogP contribution in [-0.2, 0) is 6.54 Å². The Hall–Kier alpha value is -2.16. The maximum absolute atomic E-state index is 5.82. The summed E-state index contributed by atoms with van der Waals surface area (Å²) >= 11 is 0. The molecule has 0 aliphatic heterocycles. The highest BCUT2D eigenvalue weighted by molar-refractivity contribution is 5.54. The maximum Gasteiger partial charge on any atom is 0.123 e. The average molecular weight is 256 g/mol. The van der Waals surface area contributed by atoms with Crippen LogP contribution in [-0.4, -0.2) is 7.11 Å². The van der Waals surface area contributed by atoms with Crippen LogP contribution in [0.2, 0.25) is 0 Å². The van der Waals surface area contributed by atoms with Gasteiger partial charge in [0.15, 0.2) is 0 Å². The maximum atomic E-state index is 5.82. The van der Waals surface area contributed by atoms with Crippen LogP contribution in [0.4, 0.5) is 11.4 Å². The van der Waals surface area contributed by atoms with E-state index in [1.165, 1.54) is 11.1 Å². The van der Waals surface area contributed by atoms with Crippen LogP contribution in [0.1, 0.15) is 16.7 Å². The van der Waals surface area contributed by atoms with Gasteiger partial charge in [-0.05, 0) is 49.2 Å². The molecule has 0 saturated heterocycles. The van der Waals surface area contributed by atoms with E-state index in [4.69, 9.17) is 10.5 Å². The molecule has 0 radical (unpaired) electrons. The average Bonchev–Trinajstić information content (AvgIpc) is 2.40. The molecule has 0 aliphatic rings. The third-order valence-electron chi connectivity index (χ3n) is 3.17. The van der Waals surface area contributed by atoms with E-state index in [0.717, 1.165) is 22.7 Å². The van der Waals surface area contributed by atoms with E-state index >= 15 is 0 Å². The molecule has 2 rings (SSSR count). The number of benzene rings is 2. The molecule has 3 N–H and O–H groups in total. The molecule has 2 aromatic carbocycles. The van der Waals surface area contributed by atoms with Gasteiger partial charge in [0.25, 0.3) is 0 Å². The molecule has 0 aliphatic carbocycles. The number of aryl methyl sites for hydroxylation is 2. The Bertz CT molecular complexity index is 579. The molecule has 2 aromatic rings. The molecule has 0 saturated carbocycles. The van der Waals surface area contributed by atoms with Gasteiger partial charge in [-0.15, -0.1) is 0 Å². The van der Waals surface area contributed by atoms with Crippen molar-refractivity contribution in [3.8, 4) is 5.75 Å². The van der Waals surface area contributed by atoms with Gasteiger partial charge >= 0.3 is 0 Å². The Balaban J connectivity index is 2.18. The van der Waals surface area contributed by atoms with Gasteiger partial charge in [0.2, 0.25) is 0 Å². The monoisotopic (exact) mass is 256 g/mol. The second-order valence-corrected chi connectivity index (χ2v) is 4.74. The Morgan fingerprint density at radius 3 is 2.63 bits per heavy atom. The molecule has 3 heteroatoms. The molecule has 0 heterocycles. The molecule has 100 valence electrons. The number of hydrogen-bond acceptors (Lipinski definition) is 3. The van der Waals surface area contributed by atoms with E-state index in [2.05, 4.69) is 37.4 Å². The minimum Gasteiger partial charge on any atom is -0.496 e. The minimum absolute atomic E-state index is 0.693. The first-order valence-corrected chi connectivity index (χ1v) is 6.33. The summed E-state index contributed by atoms with van der Waals surface area (Å²) in [7, 11) is 1.67. The van der Waals surface area contributed by atoms with E-state index in [1.54, 1.807) is 7.11 Å². The molecule has 0 spiro atoms. The Kier molecular flexibility index (Phi) is 3.95. The fourth-order valence-electron chi connectivity index (χ4n) is 2.05. The summed E-state index contributed by atoms with van der Waals surface area (Å²) in [6.45, 7) is 4.88. The van der Waals surface area contributed by atoms with Gasteiger partial charge in [-0.2, -0.15) is 0 Å². The van der Waals surface area contributed by atoms with Gasteiger partial charge in [0.1, 0.15) is 5.75 Å². The molecule has 0 unspecified atom stereocenters. The second kappa shape index (κ2) is 5.65.